The third-order valence-electron chi connectivity index (χ3n) is 3.17. The summed E-state index contributed by atoms with van der Waals surface area (Å²) in [5.41, 5.74) is 1.11. The lowest BCUT2D eigenvalue weighted by Gasteiger charge is -2.09. The molecular weight excluding hydrogens is 372 g/mol. The fraction of sp³-hybridized carbons (Fsp3) is 0.333. The Morgan fingerprint density at radius 1 is 1.42 bits per heavy atom. The molecule has 130 valence electrons. The van der Waals surface area contributed by atoms with Gasteiger partial charge >= 0.3 is 5.97 Å². The molecule has 24 heavy (non-hydrogen) atoms. The highest BCUT2D eigenvalue weighted by molar-refractivity contribution is 7.93. The van der Waals surface area contributed by atoms with Gasteiger partial charge in [-0.2, -0.15) is 0 Å². The predicted octanol–water partition coefficient (Wildman–Crippen LogP) is 3.40. The van der Waals surface area contributed by atoms with Gasteiger partial charge in [0.15, 0.2) is 5.13 Å². The number of anilines is 1. The smallest absolute Gasteiger partial charge is 0.306 e. The van der Waals surface area contributed by atoms with E-state index in [4.69, 9.17) is 16.3 Å². The van der Waals surface area contributed by atoms with E-state index in [1.807, 2.05) is 0 Å². The first kappa shape index (κ1) is 18.7. The number of rotatable bonds is 7. The molecular formula is C15H17ClN2O4S2. The quantitative estimate of drug-likeness (QED) is 0.734. The van der Waals surface area contributed by atoms with Crippen LogP contribution < -0.4 is 4.72 Å². The minimum atomic E-state index is -3.77. The molecule has 6 nitrogen and oxygen atoms in total. The number of thiazole rings is 1. The molecule has 1 N–H and O–H groups in total. The summed E-state index contributed by atoms with van der Waals surface area (Å²) < 4.78 is 32.2. The Kier molecular flexibility index (Phi) is 6.20. The van der Waals surface area contributed by atoms with E-state index in [0.717, 1.165) is 11.3 Å². The summed E-state index contributed by atoms with van der Waals surface area (Å²) >= 11 is 7.13. The lowest BCUT2D eigenvalue weighted by molar-refractivity contribution is -0.143. The molecule has 2 rings (SSSR count). The maximum Gasteiger partial charge on any atom is 0.306 e. The number of benzene rings is 1. The number of halogens is 1. The van der Waals surface area contributed by atoms with Crippen LogP contribution in [0.25, 0.3) is 0 Å². The van der Waals surface area contributed by atoms with Gasteiger partial charge in [0.25, 0.3) is 10.0 Å². The van der Waals surface area contributed by atoms with Crippen molar-refractivity contribution < 1.29 is 17.9 Å². The van der Waals surface area contributed by atoms with Gasteiger partial charge in [-0.1, -0.05) is 17.7 Å². The Labute approximate surface area is 149 Å². The van der Waals surface area contributed by atoms with Crippen molar-refractivity contribution in [2.45, 2.75) is 31.6 Å². The summed E-state index contributed by atoms with van der Waals surface area (Å²) in [4.78, 5) is 15.6. The van der Waals surface area contributed by atoms with E-state index in [1.54, 1.807) is 31.4 Å². The van der Waals surface area contributed by atoms with Crippen molar-refractivity contribution >= 4 is 44.1 Å². The number of ether oxygens (including phenoxy) is 1. The highest BCUT2D eigenvalue weighted by Crippen LogP contribution is 2.26. The number of carbonyl (C=O) groups excluding carboxylic acids is 1. The van der Waals surface area contributed by atoms with Crippen LogP contribution in [0.15, 0.2) is 28.5 Å². The fourth-order valence-electron chi connectivity index (χ4n) is 1.98. The zero-order valence-corrected chi connectivity index (χ0v) is 15.6. The maximum absolute atomic E-state index is 12.5. The van der Waals surface area contributed by atoms with E-state index in [9.17, 15) is 13.2 Å². The molecule has 0 atom stereocenters. The molecule has 0 aliphatic rings. The van der Waals surface area contributed by atoms with Crippen molar-refractivity contribution in [3.05, 3.63) is 39.9 Å². The first-order valence-electron chi connectivity index (χ1n) is 7.21. The van der Waals surface area contributed by atoms with Crippen LogP contribution in [-0.2, 0) is 26.0 Å². The number of hydrogen-bond donors (Lipinski definition) is 1. The second-order valence-electron chi connectivity index (χ2n) is 4.92. The SMILES string of the molecule is CCOC(=O)CCc1csc(NS(=O)(=O)c2cccc(Cl)c2C)n1. The minimum absolute atomic E-state index is 0.110. The van der Waals surface area contributed by atoms with Crippen LogP contribution in [0.2, 0.25) is 5.02 Å². The largest absolute Gasteiger partial charge is 0.466 e. The number of aromatic nitrogens is 1. The molecule has 0 unspecified atom stereocenters. The highest BCUT2D eigenvalue weighted by atomic mass is 35.5. The van der Waals surface area contributed by atoms with Gasteiger partial charge in [-0.05, 0) is 31.5 Å². The lowest BCUT2D eigenvalue weighted by Crippen LogP contribution is -2.14. The van der Waals surface area contributed by atoms with Gasteiger partial charge < -0.3 is 4.74 Å². The molecule has 0 saturated heterocycles. The van der Waals surface area contributed by atoms with Crippen LogP contribution in [0.3, 0.4) is 0 Å². The minimum Gasteiger partial charge on any atom is -0.466 e. The first-order chi connectivity index (χ1) is 11.3. The number of carbonyl (C=O) groups is 1. The third kappa shape index (κ3) is 4.68. The van der Waals surface area contributed by atoms with E-state index in [2.05, 4.69) is 9.71 Å². The van der Waals surface area contributed by atoms with Gasteiger partial charge in [-0.25, -0.2) is 13.4 Å². The molecule has 0 aliphatic heterocycles. The summed E-state index contributed by atoms with van der Waals surface area (Å²) in [5.74, 6) is -0.304. The van der Waals surface area contributed by atoms with Gasteiger partial charge in [0, 0.05) is 16.8 Å². The van der Waals surface area contributed by atoms with Crippen LogP contribution in [0, 0.1) is 6.92 Å². The zero-order chi connectivity index (χ0) is 17.7. The molecule has 2 aromatic rings. The standard InChI is InChI=1S/C15H17ClN2O4S2/c1-3-22-14(19)8-7-11-9-23-15(17-11)18-24(20,21)13-6-4-5-12(16)10(13)2/h4-6,9H,3,7-8H2,1-2H3,(H,17,18). The summed E-state index contributed by atoms with van der Waals surface area (Å²) in [7, 11) is -3.77. The normalized spacial score (nSPS) is 11.3. The van der Waals surface area contributed by atoms with Crippen molar-refractivity contribution in [1.29, 1.82) is 0 Å². The second-order valence-corrected chi connectivity index (χ2v) is 7.83. The van der Waals surface area contributed by atoms with E-state index in [1.165, 1.54) is 6.07 Å². The van der Waals surface area contributed by atoms with Gasteiger partial charge in [-0.3, -0.25) is 9.52 Å². The summed E-state index contributed by atoms with van der Waals surface area (Å²) in [5, 5.41) is 2.34. The van der Waals surface area contributed by atoms with Crippen molar-refractivity contribution in [2.75, 3.05) is 11.3 Å². The maximum atomic E-state index is 12.5. The fourth-order valence-corrected chi connectivity index (χ4v) is 4.48. The molecule has 0 amide bonds. The second kappa shape index (κ2) is 7.96. The Morgan fingerprint density at radius 3 is 2.88 bits per heavy atom. The van der Waals surface area contributed by atoms with E-state index in [0.29, 0.717) is 29.3 Å². The highest BCUT2D eigenvalue weighted by Gasteiger charge is 2.19. The Morgan fingerprint density at radius 2 is 2.17 bits per heavy atom. The van der Waals surface area contributed by atoms with Crippen LogP contribution in [0.5, 0.6) is 0 Å². The third-order valence-corrected chi connectivity index (χ3v) is 6.00. The lowest BCUT2D eigenvalue weighted by atomic mass is 10.2. The number of aryl methyl sites for hydroxylation is 1. The molecule has 1 heterocycles. The molecule has 1 aromatic heterocycles. The molecule has 0 spiro atoms. The molecule has 0 aliphatic carbocycles. The van der Waals surface area contributed by atoms with Crippen LogP contribution in [-0.4, -0.2) is 26.0 Å². The van der Waals surface area contributed by atoms with Crippen molar-refractivity contribution in [3.63, 3.8) is 0 Å². The Hall–Kier alpha value is -1.64. The summed E-state index contributed by atoms with van der Waals surface area (Å²) in [6.45, 7) is 3.72. The summed E-state index contributed by atoms with van der Waals surface area (Å²) in [6, 6.07) is 4.70. The monoisotopic (exact) mass is 388 g/mol. The Bertz CT molecular complexity index is 834. The molecule has 1 aromatic carbocycles. The number of hydrogen-bond acceptors (Lipinski definition) is 6. The zero-order valence-electron chi connectivity index (χ0n) is 13.2. The molecule has 0 fully saturated rings. The van der Waals surface area contributed by atoms with Gasteiger partial charge in [0.2, 0.25) is 0 Å². The summed E-state index contributed by atoms with van der Waals surface area (Å²) in [6.07, 6.45) is 0.602. The molecule has 9 heteroatoms. The average molecular weight is 389 g/mol. The predicted molar refractivity (Wildman–Crippen MR) is 94.1 cm³/mol. The topological polar surface area (TPSA) is 85.4 Å². The number of esters is 1. The van der Waals surface area contributed by atoms with E-state index >= 15 is 0 Å². The van der Waals surface area contributed by atoms with Crippen molar-refractivity contribution in [2.24, 2.45) is 0 Å². The van der Waals surface area contributed by atoms with E-state index < -0.39 is 10.0 Å². The number of nitrogens with one attached hydrogen (secondary N) is 1. The van der Waals surface area contributed by atoms with Gasteiger partial charge in [0.1, 0.15) is 0 Å². The first-order valence-corrected chi connectivity index (χ1v) is 9.95. The molecule has 0 bridgehead atoms. The van der Waals surface area contributed by atoms with Crippen molar-refractivity contribution in [3.8, 4) is 0 Å². The van der Waals surface area contributed by atoms with Crippen molar-refractivity contribution in [1.82, 2.24) is 4.98 Å². The Balaban J connectivity index is 2.08. The number of sulfonamides is 1. The number of nitrogens with zero attached hydrogens (tertiary/aromatic N) is 1. The van der Waals surface area contributed by atoms with Crippen LogP contribution in [0.1, 0.15) is 24.6 Å². The molecule has 0 saturated carbocycles. The average Bonchev–Trinajstić information content (AvgIpc) is 2.95. The van der Waals surface area contributed by atoms with Crippen LogP contribution >= 0.6 is 22.9 Å². The van der Waals surface area contributed by atoms with E-state index in [-0.39, 0.29) is 22.4 Å². The van der Waals surface area contributed by atoms with Gasteiger partial charge in [0.05, 0.1) is 23.6 Å². The molecule has 0 radical (unpaired) electrons. The van der Waals surface area contributed by atoms with Crippen LogP contribution in [0.4, 0.5) is 5.13 Å². The van der Waals surface area contributed by atoms with Gasteiger partial charge in [-0.15, -0.1) is 11.3 Å².